The van der Waals surface area contributed by atoms with E-state index in [0.29, 0.717) is 17.0 Å². The molecule has 4 nitrogen and oxygen atoms in total. The molecule has 0 bridgehead atoms. The molecule has 1 atom stereocenters. The number of rotatable bonds is 3. The second-order valence-electron chi connectivity index (χ2n) is 4.82. The zero-order valence-corrected chi connectivity index (χ0v) is 13.2. The molecule has 2 N–H and O–H groups in total. The highest BCUT2D eigenvalue weighted by molar-refractivity contribution is 7.11. The Hall–Kier alpha value is -1.76. The summed E-state index contributed by atoms with van der Waals surface area (Å²) in [5, 5.41) is 15.7. The minimum absolute atomic E-state index is 0.161. The number of aliphatic hydroxyl groups excluding tert-OH is 1. The number of aromatic nitrogens is 1. The van der Waals surface area contributed by atoms with E-state index >= 15 is 0 Å². The molecule has 7 heteroatoms. The lowest BCUT2D eigenvalue weighted by Gasteiger charge is -2.26. The van der Waals surface area contributed by atoms with E-state index in [1.165, 1.54) is 23.5 Å². The first-order chi connectivity index (χ1) is 10.6. The number of aliphatic imine (C=N–C) groups is 1. The van der Waals surface area contributed by atoms with E-state index in [4.69, 9.17) is 11.6 Å². The van der Waals surface area contributed by atoms with E-state index < -0.39 is 11.9 Å². The summed E-state index contributed by atoms with van der Waals surface area (Å²) in [5.41, 5.74) is 2.16. The van der Waals surface area contributed by atoms with E-state index in [9.17, 15) is 9.50 Å². The highest BCUT2D eigenvalue weighted by Gasteiger charge is 2.26. The normalized spacial score (nSPS) is 18.2. The number of amidine groups is 1. The minimum Gasteiger partial charge on any atom is -0.392 e. The molecule has 1 aliphatic rings. The van der Waals surface area contributed by atoms with Crippen LogP contribution in [0, 0.1) is 5.82 Å². The van der Waals surface area contributed by atoms with Crippen molar-refractivity contribution in [1.82, 2.24) is 10.3 Å². The molecule has 2 aromatic rings. The number of nitrogens with one attached hydrogen (secondary N) is 1. The van der Waals surface area contributed by atoms with Crippen molar-refractivity contribution in [2.45, 2.75) is 13.0 Å². The molecular formula is C15H13ClFN3OS. The number of thiazole rings is 1. The summed E-state index contributed by atoms with van der Waals surface area (Å²) in [6, 6.07) is 3.73. The third-order valence-corrected chi connectivity index (χ3v) is 4.55. The lowest BCUT2D eigenvalue weighted by molar-refractivity contribution is 0.320. The van der Waals surface area contributed by atoms with Gasteiger partial charge in [-0.05, 0) is 24.6 Å². The number of hydrogen-bond acceptors (Lipinski definition) is 5. The molecular weight excluding hydrogens is 325 g/mol. The topological polar surface area (TPSA) is 57.5 Å². The van der Waals surface area contributed by atoms with Gasteiger partial charge in [0.2, 0.25) is 0 Å². The number of hydrogen-bond donors (Lipinski definition) is 2. The average molecular weight is 338 g/mol. The largest absolute Gasteiger partial charge is 0.392 e. The van der Waals surface area contributed by atoms with Crippen molar-refractivity contribution >= 4 is 28.8 Å². The van der Waals surface area contributed by atoms with Gasteiger partial charge in [-0.15, -0.1) is 11.3 Å². The monoisotopic (exact) mass is 337 g/mol. The van der Waals surface area contributed by atoms with Crippen molar-refractivity contribution < 1.29 is 9.50 Å². The molecule has 0 radical (unpaired) electrons. The molecule has 2 heterocycles. The minimum atomic E-state index is -0.460. The first-order valence-corrected chi connectivity index (χ1v) is 7.86. The Kier molecular flexibility index (Phi) is 4.24. The van der Waals surface area contributed by atoms with Gasteiger partial charge in [0, 0.05) is 27.9 Å². The summed E-state index contributed by atoms with van der Waals surface area (Å²) in [5.74, 6) is 0.216. The summed E-state index contributed by atoms with van der Waals surface area (Å²) < 4.78 is 13.3. The van der Waals surface area contributed by atoms with Gasteiger partial charge in [-0.3, -0.25) is 4.99 Å². The van der Waals surface area contributed by atoms with Gasteiger partial charge < -0.3 is 10.4 Å². The summed E-state index contributed by atoms with van der Waals surface area (Å²) >= 11 is 7.62. The van der Waals surface area contributed by atoms with Crippen LogP contribution in [0.2, 0.25) is 5.02 Å². The maximum Gasteiger partial charge on any atom is 0.163 e. The molecule has 22 heavy (non-hydrogen) atoms. The first kappa shape index (κ1) is 15.1. The molecule has 0 amide bonds. The fourth-order valence-corrected chi connectivity index (χ4v) is 3.20. The van der Waals surface area contributed by atoms with Gasteiger partial charge in [-0.25, -0.2) is 9.37 Å². The van der Waals surface area contributed by atoms with E-state index in [2.05, 4.69) is 15.3 Å². The van der Waals surface area contributed by atoms with Gasteiger partial charge in [0.1, 0.15) is 11.9 Å². The van der Waals surface area contributed by atoms with Crippen molar-refractivity contribution in [2.75, 3.05) is 6.61 Å². The SMILES string of the molecule is CC1=C(CO)C(c2ccc(F)cc2Cl)N=C(c2nccs2)N1. The zero-order chi connectivity index (χ0) is 15.7. The Balaban J connectivity index is 2.09. The number of nitrogens with zero attached hydrogens (tertiary/aromatic N) is 2. The predicted octanol–water partition coefficient (Wildman–Crippen LogP) is 3.29. The van der Waals surface area contributed by atoms with E-state index in [-0.39, 0.29) is 11.6 Å². The fourth-order valence-electron chi connectivity index (χ4n) is 2.34. The van der Waals surface area contributed by atoms with Crippen LogP contribution in [0.4, 0.5) is 4.39 Å². The maximum absolute atomic E-state index is 13.3. The third kappa shape index (κ3) is 2.77. The quantitative estimate of drug-likeness (QED) is 0.903. The van der Waals surface area contributed by atoms with Gasteiger partial charge in [0.15, 0.2) is 10.8 Å². The van der Waals surface area contributed by atoms with Crippen LogP contribution in [0.25, 0.3) is 0 Å². The van der Waals surface area contributed by atoms with Crippen LogP contribution >= 0.6 is 22.9 Å². The Morgan fingerprint density at radius 1 is 1.45 bits per heavy atom. The van der Waals surface area contributed by atoms with Crippen LogP contribution in [0.15, 0.2) is 46.0 Å². The molecule has 114 valence electrons. The molecule has 0 saturated heterocycles. The molecule has 0 saturated carbocycles. The fraction of sp³-hybridized carbons (Fsp3) is 0.200. The smallest absolute Gasteiger partial charge is 0.163 e. The van der Waals surface area contributed by atoms with Gasteiger partial charge in [-0.2, -0.15) is 0 Å². The molecule has 3 rings (SSSR count). The number of allylic oxidation sites excluding steroid dienone is 1. The van der Waals surface area contributed by atoms with Gasteiger partial charge in [0.05, 0.1) is 6.61 Å². The van der Waals surface area contributed by atoms with Crippen LogP contribution < -0.4 is 5.32 Å². The Morgan fingerprint density at radius 3 is 2.91 bits per heavy atom. The molecule has 0 aliphatic carbocycles. The van der Waals surface area contributed by atoms with Crippen molar-refractivity contribution in [1.29, 1.82) is 0 Å². The van der Waals surface area contributed by atoms with E-state index in [0.717, 1.165) is 10.7 Å². The summed E-state index contributed by atoms with van der Waals surface area (Å²) in [7, 11) is 0. The molecule has 1 aromatic heterocycles. The van der Waals surface area contributed by atoms with E-state index in [1.807, 2.05) is 12.3 Å². The predicted molar refractivity (Wildman–Crippen MR) is 85.7 cm³/mol. The van der Waals surface area contributed by atoms with Crippen LogP contribution in [0.3, 0.4) is 0 Å². The Bertz CT molecular complexity index is 758. The molecule has 0 fully saturated rings. The molecule has 1 aliphatic heterocycles. The Morgan fingerprint density at radius 2 is 2.27 bits per heavy atom. The van der Waals surface area contributed by atoms with Crippen LogP contribution in [0.5, 0.6) is 0 Å². The molecule has 1 unspecified atom stereocenters. The van der Waals surface area contributed by atoms with Gasteiger partial charge >= 0.3 is 0 Å². The standard InChI is InChI=1S/C15H13ClFN3OS/c1-8-11(7-21)13(10-3-2-9(17)6-12(10)16)20-14(19-8)15-18-4-5-22-15/h2-6,13,21H,7H2,1H3,(H,19,20). The van der Waals surface area contributed by atoms with Crippen LogP contribution in [-0.2, 0) is 0 Å². The highest BCUT2D eigenvalue weighted by atomic mass is 35.5. The summed E-state index contributed by atoms with van der Waals surface area (Å²) in [4.78, 5) is 8.85. The molecule has 1 aromatic carbocycles. The number of benzene rings is 1. The number of halogens is 2. The third-order valence-electron chi connectivity index (χ3n) is 3.44. The maximum atomic E-state index is 13.3. The lowest BCUT2D eigenvalue weighted by atomic mass is 9.96. The zero-order valence-electron chi connectivity index (χ0n) is 11.7. The van der Waals surface area contributed by atoms with Crippen molar-refractivity contribution in [3.05, 3.63) is 62.5 Å². The van der Waals surface area contributed by atoms with Gasteiger partial charge in [0.25, 0.3) is 0 Å². The summed E-state index contributed by atoms with van der Waals surface area (Å²) in [6.45, 7) is 1.70. The lowest BCUT2D eigenvalue weighted by Crippen LogP contribution is -2.30. The Labute approximate surface area is 136 Å². The van der Waals surface area contributed by atoms with Crippen molar-refractivity contribution in [3.63, 3.8) is 0 Å². The van der Waals surface area contributed by atoms with Crippen molar-refractivity contribution in [2.24, 2.45) is 4.99 Å². The second kappa shape index (κ2) is 6.16. The summed E-state index contributed by atoms with van der Waals surface area (Å²) in [6.07, 6.45) is 1.70. The van der Waals surface area contributed by atoms with Gasteiger partial charge in [-0.1, -0.05) is 17.7 Å². The first-order valence-electron chi connectivity index (χ1n) is 6.60. The van der Waals surface area contributed by atoms with Crippen LogP contribution in [-0.4, -0.2) is 22.5 Å². The van der Waals surface area contributed by atoms with Crippen molar-refractivity contribution in [3.8, 4) is 0 Å². The second-order valence-corrected chi connectivity index (χ2v) is 6.12. The molecule has 0 spiro atoms. The highest BCUT2D eigenvalue weighted by Crippen LogP contribution is 2.35. The van der Waals surface area contributed by atoms with Crippen LogP contribution in [0.1, 0.15) is 23.5 Å². The number of aliphatic hydroxyl groups is 1. The van der Waals surface area contributed by atoms with E-state index in [1.54, 1.807) is 12.3 Å². The average Bonchev–Trinajstić information content (AvgIpc) is 3.00.